The molecule has 3 rings (SSSR count). The largest absolute Gasteiger partial charge is 0.347 e. The van der Waals surface area contributed by atoms with Crippen LogP contribution in [0.3, 0.4) is 0 Å². The van der Waals surface area contributed by atoms with Crippen LogP contribution >= 0.6 is 0 Å². The number of rotatable bonds is 3. The van der Waals surface area contributed by atoms with Crippen LogP contribution < -0.4 is 10.3 Å². The van der Waals surface area contributed by atoms with Crippen molar-refractivity contribution in [3.8, 4) is 0 Å². The topological polar surface area (TPSA) is 54.9 Å². The summed E-state index contributed by atoms with van der Waals surface area (Å²) >= 11 is 0. The second-order valence-electron chi connectivity index (χ2n) is 3.84. The molecule has 84 valence electrons. The Morgan fingerprint density at radius 3 is 3.18 bits per heavy atom. The van der Waals surface area contributed by atoms with Gasteiger partial charge in [0.25, 0.3) is 0 Å². The van der Waals surface area contributed by atoms with Gasteiger partial charge in [-0.05, 0) is 12.1 Å². The molecule has 17 heavy (non-hydrogen) atoms. The molecular weight excluding hydrogens is 212 g/mol. The first-order valence-corrected chi connectivity index (χ1v) is 5.52. The van der Waals surface area contributed by atoms with Gasteiger partial charge in [-0.1, -0.05) is 24.8 Å². The lowest BCUT2D eigenvalue weighted by molar-refractivity contribution is -0.364. The molecule has 0 aliphatic heterocycles. The molecule has 0 aliphatic carbocycles. The number of nitrogens with zero attached hydrogens (tertiary/aromatic N) is 1. The van der Waals surface area contributed by atoms with Crippen molar-refractivity contribution in [3.05, 3.63) is 43.2 Å². The zero-order valence-electron chi connectivity index (χ0n) is 9.33. The number of nitrogens with one attached hydrogen (secondary N) is 3. The zero-order valence-corrected chi connectivity index (χ0v) is 9.33. The van der Waals surface area contributed by atoms with Gasteiger partial charge in [0.05, 0.1) is 6.54 Å². The maximum atomic E-state index is 4.39. The standard InChI is InChI=1S/C13H12N4/c1-2-7-14-13-12-11(15-8-16-13)9-5-3-4-6-10(9)17-12/h2-6,8,17H,1,7H2,(H,14,15,16)/p+1. The molecule has 0 fully saturated rings. The molecule has 2 aromatic heterocycles. The minimum absolute atomic E-state index is 0.713. The van der Waals surface area contributed by atoms with E-state index in [1.54, 1.807) is 6.33 Å². The van der Waals surface area contributed by atoms with Crippen LogP contribution in [0.5, 0.6) is 0 Å². The number of anilines is 1. The molecule has 0 radical (unpaired) electrons. The predicted octanol–water partition coefficient (Wildman–Crippen LogP) is 2.13. The second-order valence-corrected chi connectivity index (χ2v) is 3.84. The summed E-state index contributed by atoms with van der Waals surface area (Å²) in [7, 11) is 0. The third-order valence-corrected chi connectivity index (χ3v) is 2.75. The first-order valence-electron chi connectivity index (χ1n) is 5.52. The van der Waals surface area contributed by atoms with E-state index in [9.17, 15) is 0 Å². The minimum Gasteiger partial charge on any atom is -0.347 e. The quantitative estimate of drug-likeness (QED) is 0.671. The van der Waals surface area contributed by atoms with Gasteiger partial charge in [-0.25, -0.2) is 4.98 Å². The Morgan fingerprint density at radius 2 is 2.29 bits per heavy atom. The van der Waals surface area contributed by atoms with E-state index in [4.69, 9.17) is 0 Å². The summed E-state index contributed by atoms with van der Waals surface area (Å²) < 4.78 is 0. The SMILES string of the molecule is C=CCNc1[nH+]cnc2c1[nH]c1ccccc12. The maximum absolute atomic E-state index is 4.39. The van der Waals surface area contributed by atoms with Gasteiger partial charge in [0.15, 0.2) is 11.0 Å². The van der Waals surface area contributed by atoms with E-state index < -0.39 is 0 Å². The Balaban J connectivity index is 2.27. The Kier molecular flexibility index (Phi) is 2.26. The average molecular weight is 225 g/mol. The third-order valence-electron chi connectivity index (χ3n) is 2.75. The highest BCUT2D eigenvalue weighted by Gasteiger charge is 2.13. The molecule has 3 aromatic rings. The average Bonchev–Trinajstić information content (AvgIpc) is 2.75. The highest BCUT2D eigenvalue weighted by molar-refractivity contribution is 6.07. The number of aromatic amines is 2. The monoisotopic (exact) mass is 225 g/mol. The molecule has 3 N–H and O–H groups in total. The first-order chi connectivity index (χ1) is 8.40. The van der Waals surface area contributed by atoms with Crippen LogP contribution in [0.15, 0.2) is 43.2 Å². The molecule has 0 atom stereocenters. The summed E-state index contributed by atoms with van der Waals surface area (Å²) in [6.45, 7) is 4.41. The molecule has 2 heterocycles. The third kappa shape index (κ3) is 1.54. The van der Waals surface area contributed by atoms with Gasteiger partial charge in [0.1, 0.15) is 0 Å². The maximum Gasteiger partial charge on any atom is 0.247 e. The van der Waals surface area contributed by atoms with Crippen LogP contribution in [0, 0.1) is 0 Å². The minimum atomic E-state index is 0.713. The van der Waals surface area contributed by atoms with Crippen molar-refractivity contribution in [2.75, 3.05) is 11.9 Å². The number of aromatic nitrogens is 3. The number of hydrogen-bond acceptors (Lipinski definition) is 2. The molecule has 1 aromatic carbocycles. The highest BCUT2D eigenvalue weighted by Crippen LogP contribution is 2.25. The molecule has 0 aliphatic rings. The fourth-order valence-electron chi connectivity index (χ4n) is 1.99. The van der Waals surface area contributed by atoms with Gasteiger partial charge in [0.2, 0.25) is 12.1 Å². The fraction of sp³-hybridized carbons (Fsp3) is 0.0769. The lowest BCUT2D eigenvalue weighted by Gasteiger charge is -1.96. The Morgan fingerprint density at radius 1 is 1.41 bits per heavy atom. The molecule has 0 saturated carbocycles. The van der Waals surface area contributed by atoms with E-state index in [-0.39, 0.29) is 0 Å². The molecule has 0 bridgehead atoms. The predicted molar refractivity (Wildman–Crippen MR) is 68.8 cm³/mol. The van der Waals surface area contributed by atoms with Gasteiger partial charge in [-0.15, -0.1) is 4.98 Å². The van der Waals surface area contributed by atoms with Crippen LogP contribution in [-0.4, -0.2) is 16.5 Å². The van der Waals surface area contributed by atoms with Gasteiger partial charge in [0, 0.05) is 10.9 Å². The van der Waals surface area contributed by atoms with Crippen LogP contribution in [0.2, 0.25) is 0 Å². The van der Waals surface area contributed by atoms with Crippen molar-refractivity contribution in [2.24, 2.45) is 0 Å². The summed E-state index contributed by atoms with van der Waals surface area (Å²) in [6, 6.07) is 8.15. The Bertz CT molecular complexity index is 684. The van der Waals surface area contributed by atoms with Crippen molar-refractivity contribution in [1.82, 2.24) is 9.97 Å². The molecule has 0 spiro atoms. The fourth-order valence-corrected chi connectivity index (χ4v) is 1.99. The Labute approximate surface area is 98.4 Å². The van der Waals surface area contributed by atoms with E-state index in [2.05, 4.69) is 32.9 Å². The lowest BCUT2D eigenvalue weighted by atomic mass is 10.2. The molecule has 0 amide bonds. The summed E-state index contributed by atoms with van der Waals surface area (Å²) in [6.07, 6.45) is 3.52. The van der Waals surface area contributed by atoms with Crippen molar-refractivity contribution in [1.29, 1.82) is 0 Å². The number of benzene rings is 1. The molecule has 4 nitrogen and oxygen atoms in total. The summed E-state index contributed by atoms with van der Waals surface area (Å²) in [5, 5.41) is 4.39. The molecular formula is C13H13N4+. The van der Waals surface area contributed by atoms with Crippen molar-refractivity contribution in [2.45, 2.75) is 0 Å². The second kappa shape index (κ2) is 3.90. The van der Waals surface area contributed by atoms with Crippen molar-refractivity contribution in [3.63, 3.8) is 0 Å². The van der Waals surface area contributed by atoms with Crippen LogP contribution in [0.4, 0.5) is 5.82 Å². The summed E-state index contributed by atoms with van der Waals surface area (Å²) in [4.78, 5) is 10.9. The Hall–Kier alpha value is -2.36. The van der Waals surface area contributed by atoms with Gasteiger partial charge < -0.3 is 10.3 Å². The van der Waals surface area contributed by atoms with Gasteiger partial charge in [-0.3, -0.25) is 0 Å². The number of H-pyrrole nitrogens is 2. The summed E-state index contributed by atoms with van der Waals surface area (Å²) in [5.41, 5.74) is 3.07. The normalized spacial score (nSPS) is 10.8. The number of para-hydroxylation sites is 1. The van der Waals surface area contributed by atoms with Gasteiger partial charge in [-0.2, -0.15) is 0 Å². The van der Waals surface area contributed by atoms with E-state index in [0.29, 0.717) is 6.54 Å². The molecule has 0 unspecified atom stereocenters. The van der Waals surface area contributed by atoms with Crippen LogP contribution in [0.1, 0.15) is 0 Å². The van der Waals surface area contributed by atoms with E-state index in [1.807, 2.05) is 24.3 Å². The lowest BCUT2D eigenvalue weighted by Crippen LogP contribution is -2.14. The van der Waals surface area contributed by atoms with E-state index in [0.717, 1.165) is 27.8 Å². The van der Waals surface area contributed by atoms with E-state index in [1.165, 1.54) is 0 Å². The number of fused-ring (bicyclic) bond motifs is 3. The smallest absolute Gasteiger partial charge is 0.247 e. The van der Waals surface area contributed by atoms with Crippen molar-refractivity contribution < 1.29 is 4.98 Å². The van der Waals surface area contributed by atoms with Crippen molar-refractivity contribution >= 4 is 27.8 Å². The molecule has 0 saturated heterocycles. The summed E-state index contributed by atoms with van der Waals surface area (Å²) in [5.74, 6) is 0.936. The zero-order chi connectivity index (χ0) is 11.7. The molecule has 4 heteroatoms. The van der Waals surface area contributed by atoms with Gasteiger partial charge >= 0.3 is 0 Å². The van der Waals surface area contributed by atoms with Crippen LogP contribution in [-0.2, 0) is 0 Å². The first kappa shape index (κ1) is 9.84. The number of hydrogen-bond donors (Lipinski definition) is 2. The highest BCUT2D eigenvalue weighted by atomic mass is 15.0. The van der Waals surface area contributed by atoms with Crippen LogP contribution in [0.25, 0.3) is 21.9 Å². The van der Waals surface area contributed by atoms with E-state index >= 15 is 0 Å².